The van der Waals surface area contributed by atoms with Crippen molar-refractivity contribution in [3.05, 3.63) is 0 Å². The summed E-state index contributed by atoms with van der Waals surface area (Å²) < 4.78 is 73.2. The third kappa shape index (κ3) is 8.39. The Morgan fingerprint density at radius 2 is 1.72 bits per heavy atom. The highest BCUT2D eigenvalue weighted by molar-refractivity contribution is 7.94. The Balaban J connectivity index is 1.56. The van der Waals surface area contributed by atoms with E-state index in [4.69, 9.17) is 9.47 Å². The van der Waals surface area contributed by atoms with Gasteiger partial charge in [0.25, 0.3) is 0 Å². The number of halogens is 3. The Hall–Kier alpha value is -0.460. The zero-order chi connectivity index (χ0) is 23.4. The number of methoxy groups -OCH3 is 1. The van der Waals surface area contributed by atoms with Crippen molar-refractivity contribution in [1.29, 1.82) is 0 Å². The highest BCUT2D eigenvalue weighted by atomic mass is 32.3. The van der Waals surface area contributed by atoms with Gasteiger partial charge in [0, 0.05) is 38.7 Å². The quantitative estimate of drug-likeness (QED) is 0.230. The molecule has 6 N–H and O–H groups in total. The Bertz CT molecular complexity index is 636. The Labute approximate surface area is 187 Å². The summed E-state index contributed by atoms with van der Waals surface area (Å²) in [6.45, 7) is 0.161. The number of piperidine rings is 2. The van der Waals surface area contributed by atoms with Gasteiger partial charge in [-0.3, -0.25) is 31.9 Å². The van der Waals surface area contributed by atoms with Gasteiger partial charge < -0.3 is 14.0 Å². The number of rotatable bonds is 8. The standard InChI is InChI=1S/C17H34F3N7O4S/c1-30-13-9-12(3-6-21-13)23-15-24-14(25-16(26-15)31-10-17(18,19)20)22-11-4-7-27(8-5-11)32(2,28)29/h11-16,21-26H,3-10H2,1-2H3. The number of alkyl halides is 3. The predicted molar refractivity (Wildman–Crippen MR) is 110 cm³/mol. The lowest BCUT2D eigenvalue weighted by Gasteiger charge is -2.43. The lowest BCUT2D eigenvalue weighted by Crippen LogP contribution is -2.77. The largest absolute Gasteiger partial charge is 0.598 e. The first kappa shape index (κ1) is 26.2. The summed E-state index contributed by atoms with van der Waals surface area (Å²) in [5.41, 5.74) is 0. The van der Waals surface area contributed by atoms with E-state index in [9.17, 15) is 21.9 Å². The van der Waals surface area contributed by atoms with Gasteiger partial charge in [0.1, 0.15) is 42.1 Å². The molecule has 3 fully saturated rings. The molecule has 3 heterocycles. The first-order valence-corrected chi connectivity index (χ1v) is 12.6. The van der Waals surface area contributed by atoms with Crippen molar-refractivity contribution < 1.29 is 31.4 Å². The van der Waals surface area contributed by atoms with Gasteiger partial charge >= 0.3 is 6.18 Å². The van der Waals surface area contributed by atoms with Crippen molar-refractivity contribution in [2.45, 2.75) is 69.1 Å². The highest BCUT2D eigenvalue weighted by Crippen LogP contribution is 2.18. The Morgan fingerprint density at radius 3 is 2.28 bits per heavy atom. The number of sulfonamides is 1. The van der Waals surface area contributed by atoms with Crippen LogP contribution in [0, 0.1) is 0 Å². The molecule has 15 heteroatoms. The topological polar surface area (TPSA) is 134 Å². The Morgan fingerprint density at radius 1 is 1.09 bits per heavy atom. The molecule has 0 aromatic carbocycles. The zero-order valence-electron chi connectivity index (χ0n) is 18.2. The second-order valence-electron chi connectivity index (χ2n) is 8.34. The molecule has 0 bridgehead atoms. The van der Waals surface area contributed by atoms with Crippen LogP contribution < -0.4 is 31.9 Å². The molecule has 0 aromatic heterocycles. The fourth-order valence-electron chi connectivity index (χ4n) is 4.11. The number of nitrogens with one attached hydrogen (secondary N) is 6. The molecule has 3 rings (SSSR count). The third-order valence-corrected chi connectivity index (χ3v) is 7.06. The van der Waals surface area contributed by atoms with E-state index in [1.54, 1.807) is 7.11 Å². The third-order valence-electron chi connectivity index (χ3n) is 5.76. The molecule has 11 nitrogen and oxygen atoms in total. The summed E-state index contributed by atoms with van der Waals surface area (Å²) in [6, 6.07) is 0.0861. The second kappa shape index (κ2) is 11.3. The molecule has 32 heavy (non-hydrogen) atoms. The summed E-state index contributed by atoms with van der Waals surface area (Å²) in [5, 5.41) is 19.1. The number of nitrogens with zero attached hydrogens (tertiary/aromatic N) is 1. The number of hydrogen-bond donors (Lipinski definition) is 6. The molecule has 6 unspecified atom stereocenters. The summed E-state index contributed by atoms with van der Waals surface area (Å²) >= 11 is 0. The number of hydrogen-bond acceptors (Lipinski definition) is 10. The van der Waals surface area contributed by atoms with Crippen molar-refractivity contribution in [3.8, 4) is 0 Å². The molecule has 6 atom stereocenters. The van der Waals surface area contributed by atoms with E-state index < -0.39 is 42.1 Å². The fourth-order valence-corrected chi connectivity index (χ4v) is 4.99. The molecule has 3 aliphatic rings. The molecule has 3 aliphatic heterocycles. The molecule has 0 amide bonds. The predicted octanol–water partition coefficient (Wildman–Crippen LogP) is -1.26. The van der Waals surface area contributed by atoms with Gasteiger partial charge in [0.15, 0.2) is 6.35 Å². The SMILES string of the molecule is COC1CC(NC2NC(NC3CCN([S+](C)(=O)[O-])CC3)NC(OCC(F)(F)F)N2)CCN1. The second-order valence-corrected chi connectivity index (χ2v) is 10.3. The van der Waals surface area contributed by atoms with Crippen molar-refractivity contribution in [3.63, 3.8) is 0 Å². The van der Waals surface area contributed by atoms with Crippen LogP contribution >= 0.6 is 0 Å². The summed E-state index contributed by atoms with van der Waals surface area (Å²) in [6.07, 6.45) is -2.71. The molecule has 0 spiro atoms. The maximum absolute atomic E-state index is 12.7. The molecular weight excluding hydrogens is 455 g/mol. The maximum Gasteiger partial charge on any atom is 0.411 e. The van der Waals surface area contributed by atoms with Gasteiger partial charge in [-0.1, -0.05) is 4.21 Å². The van der Waals surface area contributed by atoms with E-state index in [0.29, 0.717) is 32.4 Å². The minimum Gasteiger partial charge on any atom is -0.598 e. The smallest absolute Gasteiger partial charge is 0.411 e. The maximum atomic E-state index is 12.7. The van der Waals surface area contributed by atoms with Gasteiger partial charge in [-0.25, -0.2) is 0 Å². The van der Waals surface area contributed by atoms with Crippen LogP contribution in [0.15, 0.2) is 0 Å². The van der Waals surface area contributed by atoms with Crippen LogP contribution in [-0.2, 0) is 24.1 Å². The molecule has 0 saturated carbocycles. The van der Waals surface area contributed by atoms with E-state index in [1.807, 2.05) is 0 Å². The lowest BCUT2D eigenvalue weighted by atomic mass is 10.1. The fraction of sp³-hybridized carbons (Fsp3) is 1.00. The van der Waals surface area contributed by atoms with E-state index in [-0.39, 0.29) is 18.3 Å². The first-order valence-electron chi connectivity index (χ1n) is 10.7. The molecule has 0 aliphatic carbocycles. The van der Waals surface area contributed by atoms with E-state index in [2.05, 4.69) is 31.9 Å². The zero-order valence-corrected chi connectivity index (χ0v) is 19.1. The van der Waals surface area contributed by atoms with Crippen LogP contribution in [0.4, 0.5) is 13.2 Å². The highest BCUT2D eigenvalue weighted by Gasteiger charge is 2.36. The van der Waals surface area contributed by atoms with Crippen LogP contribution in [0.25, 0.3) is 0 Å². The summed E-state index contributed by atoms with van der Waals surface area (Å²) in [5.74, 6) is 0. The minimum absolute atomic E-state index is 0.00299. The average Bonchev–Trinajstić information content (AvgIpc) is 2.71. The van der Waals surface area contributed by atoms with Gasteiger partial charge in [-0.05, 0) is 25.8 Å². The minimum atomic E-state index is -4.45. The van der Waals surface area contributed by atoms with E-state index in [1.165, 1.54) is 10.6 Å². The van der Waals surface area contributed by atoms with Crippen LogP contribution in [-0.4, -0.2) is 91.9 Å². The van der Waals surface area contributed by atoms with Crippen LogP contribution in [0.3, 0.4) is 0 Å². The van der Waals surface area contributed by atoms with E-state index in [0.717, 1.165) is 13.0 Å². The van der Waals surface area contributed by atoms with Gasteiger partial charge in [-0.2, -0.15) is 13.2 Å². The molecule has 3 saturated heterocycles. The Kier molecular flexibility index (Phi) is 9.24. The summed E-state index contributed by atoms with van der Waals surface area (Å²) in [7, 11) is -1.61. The van der Waals surface area contributed by atoms with E-state index >= 15 is 0 Å². The monoisotopic (exact) mass is 489 g/mol. The van der Waals surface area contributed by atoms with Crippen LogP contribution in [0.1, 0.15) is 25.7 Å². The van der Waals surface area contributed by atoms with Gasteiger partial charge in [0.05, 0.1) is 0 Å². The first-order chi connectivity index (χ1) is 15.0. The van der Waals surface area contributed by atoms with Crippen molar-refractivity contribution in [1.82, 2.24) is 36.2 Å². The van der Waals surface area contributed by atoms with Crippen molar-refractivity contribution in [2.24, 2.45) is 0 Å². The average molecular weight is 490 g/mol. The van der Waals surface area contributed by atoms with Crippen molar-refractivity contribution >= 4 is 10.4 Å². The molecular formula is C17H34F3N7O4S. The lowest BCUT2D eigenvalue weighted by molar-refractivity contribution is -0.199. The van der Waals surface area contributed by atoms with Crippen molar-refractivity contribution in [2.75, 3.05) is 39.6 Å². The van der Waals surface area contributed by atoms with Crippen LogP contribution in [0.2, 0.25) is 0 Å². The van der Waals surface area contributed by atoms with Crippen LogP contribution in [0.5, 0.6) is 0 Å². The molecule has 188 valence electrons. The number of ether oxygens (including phenoxy) is 2. The molecule has 0 aromatic rings. The van der Waals surface area contributed by atoms with Gasteiger partial charge in [0.2, 0.25) is 0 Å². The summed E-state index contributed by atoms with van der Waals surface area (Å²) in [4.78, 5) is 0. The van der Waals surface area contributed by atoms with Gasteiger partial charge in [-0.15, -0.1) is 4.31 Å². The molecule has 0 radical (unpaired) electrons. The normalized spacial score (nSPS) is 35.5.